The van der Waals surface area contributed by atoms with Crippen LogP contribution in [0.1, 0.15) is 0 Å². The molecule has 0 spiro atoms. The standard InChI is InChI=1S/C34H23BO2/c36-35(37)26-19-17-25(18-20-26)32-29(22-9-3-1-4-10-22)21-30(23-11-5-2-6-12-23)33-27-15-7-13-24-14-8-16-28(31(24)27)34(32)33/h1-21,36-37H. The van der Waals surface area contributed by atoms with Gasteiger partial charge in [-0.1, -0.05) is 121 Å². The number of hydrogen-bond donors (Lipinski definition) is 2. The second kappa shape index (κ2) is 8.60. The summed E-state index contributed by atoms with van der Waals surface area (Å²) in [7, 11) is -1.49. The average Bonchev–Trinajstić information content (AvgIpc) is 3.29. The zero-order valence-corrected chi connectivity index (χ0v) is 20.1. The first-order valence-electron chi connectivity index (χ1n) is 12.5. The molecule has 0 bridgehead atoms. The Kier molecular flexibility index (Phi) is 5.07. The molecule has 2 nitrogen and oxygen atoms in total. The molecule has 0 amide bonds. The summed E-state index contributed by atoms with van der Waals surface area (Å²) in [5, 5.41) is 21.9. The Labute approximate surface area is 216 Å². The predicted octanol–water partition coefficient (Wildman–Crippen LogP) is 7.17. The molecule has 3 heteroatoms. The van der Waals surface area contributed by atoms with E-state index >= 15 is 0 Å². The monoisotopic (exact) mass is 474 g/mol. The number of hydrogen-bond acceptors (Lipinski definition) is 2. The molecule has 174 valence electrons. The van der Waals surface area contributed by atoms with Crippen molar-refractivity contribution in [3.05, 3.63) is 127 Å². The zero-order chi connectivity index (χ0) is 24.9. The lowest BCUT2D eigenvalue weighted by Crippen LogP contribution is -2.29. The molecule has 7 rings (SSSR count). The summed E-state index contributed by atoms with van der Waals surface area (Å²) in [5.74, 6) is 0. The van der Waals surface area contributed by atoms with Crippen molar-refractivity contribution in [1.82, 2.24) is 0 Å². The molecule has 1 aliphatic carbocycles. The summed E-state index contributed by atoms with van der Waals surface area (Å²) in [6.07, 6.45) is 0. The number of benzene rings is 6. The maximum Gasteiger partial charge on any atom is 0.488 e. The first kappa shape index (κ1) is 21.8. The van der Waals surface area contributed by atoms with E-state index in [1.54, 1.807) is 12.1 Å². The molecule has 1 aliphatic rings. The van der Waals surface area contributed by atoms with E-state index in [-0.39, 0.29) is 0 Å². The van der Waals surface area contributed by atoms with Gasteiger partial charge in [0.25, 0.3) is 0 Å². The molecule has 0 saturated carbocycles. The van der Waals surface area contributed by atoms with E-state index in [2.05, 4.69) is 97.1 Å². The van der Waals surface area contributed by atoms with Gasteiger partial charge in [0.1, 0.15) is 0 Å². The normalized spacial score (nSPS) is 11.5. The van der Waals surface area contributed by atoms with Gasteiger partial charge in [-0.25, -0.2) is 0 Å². The molecule has 6 aromatic carbocycles. The fraction of sp³-hybridized carbons (Fsp3) is 0. The van der Waals surface area contributed by atoms with Crippen molar-refractivity contribution in [3.8, 4) is 55.6 Å². The van der Waals surface area contributed by atoms with Crippen LogP contribution in [0.25, 0.3) is 66.4 Å². The Morgan fingerprint density at radius 2 is 0.946 bits per heavy atom. The van der Waals surface area contributed by atoms with Crippen LogP contribution in [0.2, 0.25) is 0 Å². The molecule has 0 aliphatic heterocycles. The third-order valence-corrected chi connectivity index (χ3v) is 7.44. The minimum absolute atomic E-state index is 0.480. The van der Waals surface area contributed by atoms with Gasteiger partial charge in [0.05, 0.1) is 0 Å². The zero-order valence-electron chi connectivity index (χ0n) is 20.1. The van der Waals surface area contributed by atoms with Gasteiger partial charge in [0.15, 0.2) is 0 Å². The summed E-state index contributed by atoms with van der Waals surface area (Å²) in [5.41, 5.74) is 12.3. The van der Waals surface area contributed by atoms with Crippen LogP contribution < -0.4 is 5.46 Å². The summed E-state index contributed by atoms with van der Waals surface area (Å²) >= 11 is 0. The lowest BCUT2D eigenvalue weighted by Gasteiger charge is -2.21. The third kappa shape index (κ3) is 3.44. The fourth-order valence-electron chi connectivity index (χ4n) is 5.80. The van der Waals surface area contributed by atoms with Crippen molar-refractivity contribution in [1.29, 1.82) is 0 Å². The van der Waals surface area contributed by atoms with E-state index in [9.17, 15) is 10.0 Å². The van der Waals surface area contributed by atoms with Crippen LogP contribution in [0, 0.1) is 0 Å². The van der Waals surface area contributed by atoms with Gasteiger partial charge in [-0.2, -0.15) is 0 Å². The van der Waals surface area contributed by atoms with Crippen LogP contribution in [0.3, 0.4) is 0 Å². The van der Waals surface area contributed by atoms with Crippen molar-refractivity contribution in [2.24, 2.45) is 0 Å². The molecule has 0 heterocycles. The van der Waals surface area contributed by atoms with Crippen molar-refractivity contribution in [2.75, 3.05) is 0 Å². The van der Waals surface area contributed by atoms with Gasteiger partial charge in [-0.05, 0) is 77.9 Å². The highest BCUT2D eigenvalue weighted by molar-refractivity contribution is 6.58. The number of fused-ring (bicyclic) bond motifs is 3. The van der Waals surface area contributed by atoms with Crippen LogP contribution in [0.5, 0.6) is 0 Å². The smallest absolute Gasteiger partial charge is 0.423 e. The van der Waals surface area contributed by atoms with Crippen LogP contribution in [0.4, 0.5) is 0 Å². The van der Waals surface area contributed by atoms with E-state index < -0.39 is 7.12 Å². The largest absolute Gasteiger partial charge is 0.488 e. The molecule has 2 N–H and O–H groups in total. The van der Waals surface area contributed by atoms with Gasteiger partial charge < -0.3 is 10.0 Å². The minimum Gasteiger partial charge on any atom is -0.423 e. The van der Waals surface area contributed by atoms with Gasteiger partial charge in [0, 0.05) is 0 Å². The van der Waals surface area contributed by atoms with Gasteiger partial charge in [0.2, 0.25) is 0 Å². The predicted molar refractivity (Wildman–Crippen MR) is 155 cm³/mol. The summed E-state index contributed by atoms with van der Waals surface area (Å²) in [6.45, 7) is 0. The van der Waals surface area contributed by atoms with Gasteiger partial charge >= 0.3 is 7.12 Å². The molecule has 0 saturated heterocycles. The van der Waals surface area contributed by atoms with Crippen LogP contribution in [-0.2, 0) is 0 Å². The maximum atomic E-state index is 9.71. The van der Waals surface area contributed by atoms with E-state index in [1.165, 1.54) is 44.2 Å². The summed E-state index contributed by atoms with van der Waals surface area (Å²) in [6, 6.07) is 44.2. The molecule has 0 unspecified atom stereocenters. The molecule has 37 heavy (non-hydrogen) atoms. The first-order chi connectivity index (χ1) is 18.2. The van der Waals surface area contributed by atoms with E-state index in [1.807, 2.05) is 18.2 Å². The second-order valence-corrected chi connectivity index (χ2v) is 9.53. The highest BCUT2D eigenvalue weighted by Crippen LogP contribution is 2.56. The third-order valence-electron chi connectivity index (χ3n) is 7.44. The molecule has 0 atom stereocenters. The van der Waals surface area contributed by atoms with Crippen molar-refractivity contribution < 1.29 is 10.0 Å². The second-order valence-electron chi connectivity index (χ2n) is 9.53. The van der Waals surface area contributed by atoms with Crippen LogP contribution in [-0.4, -0.2) is 17.2 Å². The maximum absolute atomic E-state index is 9.71. The Balaban J connectivity index is 1.65. The topological polar surface area (TPSA) is 40.5 Å². The van der Waals surface area contributed by atoms with Crippen LogP contribution in [0.15, 0.2) is 127 Å². The van der Waals surface area contributed by atoms with Crippen molar-refractivity contribution >= 4 is 23.4 Å². The van der Waals surface area contributed by atoms with E-state index in [0.717, 1.165) is 22.3 Å². The summed E-state index contributed by atoms with van der Waals surface area (Å²) in [4.78, 5) is 0. The highest BCUT2D eigenvalue weighted by atomic mass is 16.4. The number of rotatable bonds is 4. The lowest BCUT2D eigenvalue weighted by molar-refractivity contribution is 0.426. The van der Waals surface area contributed by atoms with E-state index in [0.29, 0.717) is 5.46 Å². The molecular weight excluding hydrogens is 451 g/mol. The molecule has 0 fully saturated rings. The minimum atomic E-state index is -1.49. The Morgan fingerprint density at radius 1 is 0.405 bits per heavy atom. The van der Waals surface area contributed by atoms with Crippen LogP contribution >= 0.6 is 0 Å². The Morgan fingerprint density at radius 3 is 1.51 bits per heavy atom. The molecular formula is C34H23BO2. The van der Waals surface area contributed by atoms with Crippen molar-refractivity contribution in [3.63, 3.8) is 0 Å². The lowest BCUT2D eigenvalue weighted by atomic mass is 9.78. The highest BCUT2D eigenvalue weighted by Gasteiger charge is 2.30. The SMILES string of the molecule is OB(O)c1ccc(-c2c(-c3ccccc3)cc(-c3ccccc3)c3c2-c2cccc4cccc-3c24)cc1. The molecule has 0 aromatic heterocycles. The Hall–Kier alpha value is -4.44. The summed E-state index contributed by atoms with van der Waals surface area (Å²) < 4.78 is 0. The van der Waals surface area contributed by atoms with Gasteiger partial charge in [-0.15, -0.1) is 0 Å². The first-order valence-corrected chi connectivity index (χ1v) is 12.5. The van der Waals surface area contributed by atoms with Crippen molar-refractivity contribution in [2.45, 2.75) is 0 Å². The van der Waals surface area contributed by atoms with E-state index in [4.69, 9.17) is 0 Å². The fourth-order valence-corrected chi connectivity index (χ4v) is 5.80. The van der Waals surface area contributed by atoms with Gasteiger partial charge in [-0.3, -0.25) is 0 Å². The quantitative estimate of drug-likeness (QED) is 0.266. The average molecular weight is 474 g/mol. The molecule has 0 radical (unpaired) electrons. The molecule has 6 aromatic rings. The Bertz CT molecular complexity index is 1770.